The molecule has 0 bridgehead atoms. The highest BCUT2D eigenvalue weighted by Crippen LogP contribution is 2.40. The van der Waals surface area contributed by atoms with Crippen LogP contribution in [0.4, 0.5) is 11.4 Å². The molecule has 1 aromatic carbocycles. The van der Waals surface area contributed by atoms with E-state index in [1.807, 2.05) is 18.2 Å². The Hall–Kier alpha value is -1.15. The topological polar surface area (TPSA) is 15.3 Å². The SMILES string of the molecule is C=C1Nc2ccc(Cl)cc2N1C(CCC)CCC. The Balaban J connectivity index is 2.32. The van der Waals surface area contributed by atoms with E-state index >= 15 is 0 Å². The minimum absolute atomic E-state index is 0.514. The maximum atomic E-state index is 6.11. The molecule has 0 amide bonds. The van der Waals surface area contributed by atoms with Crippen LogP contribution in [0, 0.1) is 0 Å². The van der Waals surface area contributed by atoms with Crippen molar-refractivity contribution in [3.8, 4) is 0 Å². The number of halogens is 1. The lowest BCUT2D eigenvalue weighted by Crippen LogP contribution is -2.33. The van der Waals surface area contributed by atoms with Gasteiger partial charge in [0, 0.05) is 11.1 Å². The molecule has 0 atom stereocenters. The Bertz CT molecular complexity index is 436. The van der Waals surface area contributed by atoms with Crippen molar-refractivity contribution in [3.63, 3.8) is 0 Å². The van der Waals surface area contributed by atoms with Gasteiger partial charge in [-0.2, -0.15) is 0 Å². The zero-order valence-corrected chi connectivity index (χ0v) is 11.9. The van der Waals surface area contributed by atoms with Crippen molar-refractivity contribution in [3.05, 3.63) is 35.6 Å². The minimum atomic E-state index is 0.514. The van der Waals surface area contributed by atoms with E-state index in [1.165, 1.54) is 31.4 Å². The molecule has 0 aromatic heterocycles. The number of rotatable bonds is 5. The molecule has 18 heavy (non-hydrogen) atoms. The molecule has 0 radical (unpaired) electrons. The summed E-state index contributed by atoms with van der Waals surface area (Å²) in [4.78, 5) is 2.31. The van der Waals surface area contributed by atoms with E-state index in [4.69, 9.17) is 11.6 Å². The standard InChI is InChI=1S/C15H21ClN2/c1-4-6-13(7-5-2)18-11(3)17-14-9-8-12(16)10-15(14)18/h8-10,13,17H,3-7H2,1-2H3. The summed E-state index contributed by atoms with van der Waals surface area (Å²) in [5.74, 6) is 0.971. The van der Waals surface area contributed by atoms with Crippen LogP contribution in [0.3, 0.4) is 0 Å². The predicted octanol–water partition coefficient (Wildman–Crippen LogP) is 5.01. The van der Waals surface area contributed by atoms with Crippen LogP contribution in [0.15, 0.2) is 30.6 Å². The van der Waals surface area contributed by atoms with Crippen molar-refractivity contribution in [2.24, 2.45) is 0 Å². The lowest BCUT2D eigenvalue weighted by atomic mass is 10.0. The second-order valence-electron chi connectivity index (χ2n) is 4.83. The number of anilines is 2. The van der Waals surface area contributed by atoms with Crippen LogP contribution in [-0.2, 0) is 0 Å². The van der Waals surface area contributed by atoms with Crippen molar-refractivity contribution < 1.29 is 0 Å². The molecule has 1 heterocycles. The summed E-state index contributed by atoms with van der Waals surface area (Å²) < 4.78 is 0. The molecule has 0 saturated carbocycles. The molecule has 98 valence electrons. The van der Waals surface area contributed by atoms with Crippen molar-refractivity contribution in [2.45, 2.75) is 45.6 Å². The van der Waals surface area contributed by atoms with Gasteiger partial charge in [0.05, 0.1) is 11.4 Å². The molecule has 2 rings (SSSR count). The smallest absolute Gasteiger partial charge is 0.103 e. The Morgan fingerprint density at radius 2 is 1.94 bits per heavy atom. The van der Waals surface area contributed by atoms with Gasteiger partial charge in [-0.25, -0.2) is 0 Å². The van der Waals surface area contributed by atoms with Gasteiger partial charge in [-0.15, -0.1) is 0 Å². The van der Waals surface area contributed by atoms with Crippen molar-refractivity contribution in [1.82, 2.24) is 0 Å². The molecular formula is C15H21ClN2. The normalized spacial score (nSPS) is 14.0. The number of fused-ring (bicyclic) bond motifs is 1. The van der Waals surface area contributed by atoms with Gasteiger partial charge in [0.15, 0.2) is 0 Å². The fourth-order valence-electron chi connectivity index (χ4n) is 2.66. The average Bonchev–Trinajstić information content (AvgIpc) is 2.64. The predicted molar refractivity (Wildman–Crippen MR) is 80.3 cm³/mol. The van der Waals surface area contributed by atoms with Crippen LogP contribution >= 0.6 is 11.6 Å². The van der Waals surface area contributed by atoms with Crippen molar-refractivity contribution in [2.75, 3.05) is 10.2 Å². The highest BCUT2D eigenvalue weighted by Gasteiger charge is 2.28. The Labute approximate surface area is 115 Å². The average molecular weight is 265 g/mol. The lowest BCUT2D eigenvalue weighted by Gasteiger charge is -2.30. The van der Waals surface area contributed by atoms with E-state index in [1.54, 1.807) is 0 Å². The number of hydrogen-bond acceptors (Lipinski definition) is 2. The number of hydrogen-bond donors (Lipinski definition) is 1. The summed E-state index contributed by atoms with van der Waals surface area (Å²) in [6, 6.07) is 6.48. The zero-order chi connectivity index (χ0) is 13.1. The van der Waals surface area contributed by atoms with Gasteiger partial charge >= 0.3 is 0 Å². The molecule has 0 saturated heterocycles. The van der Waals surface area contributed by atoms with Gasteiger partial charge in [0.2, 0.25) is 0 Å². The van der Waals surface area contributed by atoms with E-state index in [0.717, 1.165) is 16.5 Å². The fourth-order valence-corrected chi connectivity index (χ4v) is 2.82. The van der Waals surface area contributed by atoms with Gasteiger partial charge in [-0.3, -0.25) is 0 Å². The van der Waals surface area contributed by atoms with Crippen LogP contribution in [0.25, 0.3) is 0 Å². The van der Waals surface area contributed by atoms with Gasteiger partial charge in [-0.05, 0) is 31.0 Å². The summed E-state index contributed by atoms with van der Waals surface area (Å²) >= 11 is 6.11. The minimum Gasteiger partial charge on any atom is -0.340 e. The summed E-state index contributed by atoms with van der Waals surface area (Å²) in [5.41, 5.74) is 2.28. The molecule has 1 aromatic rings. The van der Waals surface area contributed by atoms with Crippen LogP contribution in [0.1, 0.15) is 39.5 Å². The molecule has 3 heteroatoms. The first kappa shape index (κ1) is 13.3. The van der Waals surface area contributed by atoms with Crippen LogP contribution in [0.5, 0.6) is 0 Å². The van der Waals surface area contributed by atoms with E-state index < -0.39 is 0 Å². The third-order valence-corrected chi connectivity index (χ3v) is 3.63. The first-order valence-electron chi connectivity index (χ1n) is 6.72. The third-order valence-electron chi connectivity index (χ3n) is 3.40. The van der Waals surface area contributed by atoms with Crippen LogP contribution < -0.4 is 10.2 Å². The quantitative estimate of drug-likeness (QED) is 0.804. The highest BCUT2D eigenvalue weighted by molar-refractivity contribution is 6.31. The molecule has 1 aliphatic heterocycles. The summed E-state index contributed by atoms with van der Waals surface area (Å²) in [5, 5.41) is 4.12. The monoisotopic (exact) mass is 264 g/mol. The van der Waals surface area contributed by atoms with E-state index in [9.17, 15) is 0 Å². The molecule has 0 spiro atoms. The molecule has 1 aliphatic rings. The maximum Gasteiger partial charge on any atom is 0.103 e. The Morgan fingerprint density at radius 3 is 2.56 bits per heavy atom. The van der Waals surface area contributed by atoms with E-state index in [0.29, 0.717) is 6.04 Å². The van der Waals surface area contributed by atoms with Crippen molar-refractivity contribution >= 4 is 23.0 Å². The van der Waals surface area contributed by atoms with Crippen LogP contribution in [0.2, 0.25) is 5.02 Å². The molecule has 0 aliphatic carbocycles. The second-order valence-corrected chi connectivity index (χ2v) is 5.27. The largest absolute Gasteiger partial charge is 0.340 e. The molecular weight excluding hydrogens is 244 g/mol. The third kappa shape index (κ3) is 2.49. The fraction of sp³-hybridized carbons (Fsp3) is 0.467. The molecule has 0 fully saturated rings. The summed E-state index contributed by atoms with van der Waals surface area (Å²) in [6.45, 7) is 8.60. The molecule has 1 N–H and O–H groups in total. The first-order valence-corrected chi connectivity index (χ1v) is 7.09. The summed E-state index contributed by atoms with van der Waals surface area (Å²) in [7, 11) is 0. The Kier molecular flexibility index (Phi) is 4.18. The summed E-state index contributed by atoms with van der Waals surface area (Å²) in [6.07, 6.45) is 4.73. The number of nitrogens with zero attached hydrogens (tertiary/aromatic N) is 1. The second kappa shape index (κ2) is 5.66. The van der Waals surface area contributed by atoms with E-state index in [-0.39, 0.29) is 0 Å². The Morgan fingerprint density at radius 1 is 1.28 bits per heavy atom. The van der Waals surface area contributed by atoms with Gasteiger partial charge in [-0.1, -0.05) is 44.9 Å². The van der Waals surface area contributed by atoms with Gasteiger partial charge in [0.25, 0.3) is 0 Å². The first-order chi connectivity index (χ1) is 8.67. The lowest BCUT2D eigenvalue weighted by molar-refractivity contribution is 0.535. The highest BCUT2D eigenvalue weighted by atomic mass is 35.5. The van der Waals surface area contributed by atoms with E-state index in [2.05, 4.69) is 30.6 Å². The van der Waals surface area contributed by atoms with Gasteiger partial charge in [0.1, 0.15) is 5.82 Å². The van der Waals surface area contributed by atoms with Crippen molar-refractivity contribution in [1.29, 1.82) is 0 Å². The van der Waals surface area contributed by atoms with Crippen LogP contribution in [-0.4, -0.2) is 6.04 Å². The van der Waals surface area contributed by atoms with Gasteiger partial charge < -0.3 is 10.2 Å². The zero-order valence-electron chi connectivity index (χ0n) is 11.2. The maximum absolute atomic E-state index is 6.11. The number of benzene rings is 1. The number of nitrogens with one attached hydrogen (secondary N) is 1. The molecule has 0 unspecified atom stereocenters. The molecule has 2 nitrogen and oxygen atoms in total.